The molecule has 2 heterocycles. The van der Waals surface area contributed by atoms with Crippen LogP contribution < -0.4 is 4.74 Å². The summed E-state index contributed by atoms with van der Waals surface area (Å²) in [6.07, 6.45) is 0.737. The van der Waals surface area contributed by atoms with Gasteiger partial charge in [-0.25, -0.2) is 0 Å². The van der Waals surface area contributed by atoms with Crippen LogP contribution in [0.4, 0.5) is 0 Å². The van der Waals surface area contributed by atoms with E-state index in [2.05, 4.69) is 15.9 Å². The molecule has 0 amide bonds. The number of Topliss-reactive ketones (excluding diaryl/α,β-unsaturated/α-hetero) is 1. The minimum absolute atomic E-state index is 0.0851. The number of carbonyl (C=O) groups excluding carboxylic acids is 1. The number of hydrogen-bond acceptors (Lipinski definition) is 3. The Morgan fingerprint density at radius 3 is 3.12 bits per heavy atom. The van der Waals surface area contributed by atoms with Gasteiger partial charge in [-0.1, -0.05) is 15.9 Å². The largest absolute Gasteiger partial charge is 0.484 e. The van der Waals surface area contributed by atoms with Gasteiger partial charge in [0.2, 0.25) is 0 Å². The standard InChI is InChI=1S/C13H13BrO3/c1-13-7-16-5-4-10(13)12(15)9-6-8(14)2-3-11(9)17-13/h2-3,6,10H,4-5,7H2,1H3. The Bertz CT molecular complexity index is 486. The van der Waals surface area contributed by atoms with E-state index in [1.165, 1.54) is 0 Å². The van der Waals surface area contributed by atoms with Crippen LogP contribution in [0.3, 0.4) is 0 Å². The highest BCUT2D eigenvalue weighted by atomic mass is 79.9. The highest BCUT2D eigenvalue weighted by molar-refractivity contribution is 9.10. The maximum absolute atomic E-state index is 12.5. The maximum Gasteiger partial charge on any atom is 0.173 e. The summed E-state index contributed by atoms with van der Waals surface area (Å²) in [5.41, 5.74) is 0.180. The third-order valence-electron chi connectivity index (χ3n) is 3.54. The molecular weight excluding hydrogens is 284 g/mol. The molecule has 0 N–H and O–H groups in total. The molecule has 0 radical (unpaired) electrons. The van der Waals surface area contributed by atoms with Crippen molar-refractivity contribution in [1.82, 2.24) is 0 Å². The zero-order valence-electron chi connectivity index (χ0n) is 9.53. The van der Waals surface area contributed by atoms with Gasteiger partial charge in [-0.05, 0) is 31.5 Å². The van der Waals surface area contributed by atoms with Crippen molar-refractivity contribution in [3.63, 3.8) is 0 Å². The van der Waals surface area contributed by atoms with E-state index in [1.54, 1.807) is 0 Å². The molecule has 0 aromatic heterocycles. The number of ketones is 1. The van der Waals surface area contributed by atoms with Gasteiger partial charge in [0.25, 0.3) is 0 Å². The fourth-order valence-electron chi connectivity index (χ4n) is 2.61. The second-order valence-corrected chi connectivity index (χ2v) is 5.73. The summed E-state index contributed by atoms with van der Waals surface area (Å²) in [5, 5.41) is 0. The van der Waals surface area contributed by atoms with Gasteiger partial charge in [0.15, 0.2) is 5.78 Å². The summed E-state index contributed by atoms with van der Waals surface area (Å²) in [6, 6.07) is 5.57. The first-order chi connectivity index (χ1) is 8.10. The number of carbonyl (C=O) groups is 1. The van der Waals surface area contributed by atoms with Crippen molar-refractivity contribution >= 4 is 21.7 Å². The van der Waals surface area contributed by atoms with Crippen molar-refractivity contribution in [1.29, 1.82) is 0 Å². The number of rotatable bonds is 0. The number of ether oxygens (including phenoxy) is 2. The monoisotopic (exact) mass is 296 g/mol. The van der Waals surface area contributed by atoms with Crippen LogP contribution in [0.1, 0.15) is 23.7 Å². The lowest BCUT2D eigenvalue weighted by atomic mass is 9.77. The fourth-order valence-corrected chi connectivity index (χ4v) is 2.97. The topological polar surface area (TPSA) is 35.5 Å². The molecule has 1 aromatic carbocycles. The average Bonchev–Trinajstić information content (AvgIpc) is 2.30. The molecule has 17 heavy (non-hydrogen) atoms. The molecule has 1 aromatic rings. The summed E-state index contributed by atoms with van der Waals surface area (Å²) < 4.78 is 12.3. The SMILES string of the molecule is CC12COCCC1C(=O)c1cc(Br)ccc1O2. The highest BCUT2D eigenvalue weighted by Gasteiger charge is 2.48. The number of halogens is 1. The Balaban J connectivity index is 2.09. The smallest absolute Gasteiger partial charge is 0.173 e. The molecular formula is C13H13BrO3. The van der Waals surface area contributed by atoms with Crippen molar-refractivity contribution in [3.8, 4) is 5.75 Å². The van der Waals surface area contributed by atoms with E-state index in [-0.39, 0.29) is 11.7 Å². The second-order valence-electron chi connectivity index (χ2n) is 4.81. The van der Waals surface area contributed by atoms with Crippen molar-refractivity contribution in [2.75, 3.05) is 13.2 Å². The fraction of sp³-hybridized carbons (Fsp3) is 0.462. The average molecular weight is 297 g/mol. The van der Waals surface area contributed by atoms with Crippen LogP contribution >= 0.6 is 15.9 Å². The zero-order valence-corrected chi connectivity index (χ0v) is 11.1. The molecule has 2 aliphatic heterocycles. The van der Waals surface area contributed by atoms with E-state index < -0.39 is 5.60 Å². The lowest BCUT2D eigenvalue weighted by Gasteiger charge is -2.43. The van der Waals surface area contributed by atoms with Gasteiger partial charge >= 0.3 is 0 Å². The van der Waals surface area contributed by atoms with Crippen LogP contribution in [0.25, 0.3) is 0 Å². The van der Waals surface area contributed by atoms with E-state index in [4.69, 9.17) is 9.47 Å². The third-order valence-corrected chi connectivity index (χ3v) is 4.04. The predicted molar refractivity (Wildman–Crippen MR) is 66.4 cm³/mol. The number of fused-ring (bicyclic) bond motifs is 2. The molecule has 2 unspecified atom stereocenters. The van der Waals surface area contributed by atoms with Crippen LogP contribution in [-0.4, -0.2) is 24.6 Å². The highest BCUT2D eigenvalue weighted by Crippen LogP contribution is 2.41. The lowest BCUT2D eigenvalue weighted by Crippen LogP contribution is -2.54. The first-order valence-electron chi connectivity index (χ1n) is 5.71. The molecule has 3 rings (SSSR count). The minimum atomic E-state index is -0.504. The quantitative estimate of drug-likeness (QED) is 0.738. The predicted octanol–water partition coefficient (Wildman–Crippen LogP) is 2.82. The summed E-state index contributed by atoms with van der Waals surface area (Å²) in [5.74, 6) is 0.763. The number of hydrogen-bond donors (Lipinski definition) is 0. The van der Waals surface area contributed by atoms with E-state index in [1.807, 2.05) is 25.1 Å². The molecule has 0 spiro atoms. The maximum atomic E-state index is 12.5. The van der Waals surface area contributed by atoms with Crippen molar-refractivity contribution < 1.29 is 14.3 Å². The van der Waals surface area contributed by atoms with Crippen molar-refractivity contribution in [2.45, 2.75) is 18.9 Å². The van der Waals surface area contributed by atoms with Gasteiger partial charge in [-0.15, -0.1) is 0 Å². The van der Waals surface area contributed by atoms with Crippen LogP contribution in [0.15, 0.2) is 22.7 Å². The van der Waals surface area contributed by atoms with Crippen molar-refractivity contribution in [3.05, 3.63) is 28.2 Å². The van der Waals surface area contributed by atoms with E-state index >= 15 is 0 Å². The van der Waals surface area contributed by atoms with Gasteiger partial charge in [0.1, 0.15) is 11.4 Å². The number of benzene rings is 1. The molecule has 0 saturated carbocycles. The minimum Gasteiger partial charge on any atom is -0.484 e. The normalized spacial score (nSPS) is 31.4. The van der Waals surface area contributed by atoms with Crippen LogP contribution in [0.5, 0.6) is 5.75 Å². The van der Waals surface area contributed by atoms with Gasteiger partial charge in [-0.2, -0.15) is 0 Å². The van der Waals surface area contributed by atoms with Crippen molar-refractivity contribution in [2.24, 2.45) is 5.92 Å². The van der Waals surface area contributed by atoms with Gasteiger partial charge in [0, 0.05) is 11.1 Å². The van der Waals surface area contributed by atoms with E-state index in [0.717, 1.165) is 10.9 Å². The first-order valence-corrected chi connectivity index (χ1v) is 6.50. The summed E-state index contributed by atoms with van der Waals surface area (Å²) in [7, 11) is 0. The summed E-state index contributed by atoms with van der Waals surface area (Å²) >= 11 is 3.39. The molecule has 3 nitrogen and oxygen atoms in total. The molecule has 0 bridgehead atoms. The Kier molecular flexibility index (Phi) is 2.52. The third kappa shape index (κ3) is 1.70. The molecule has 0 aliphatic carbocycles. The Labute approximate surface area is 108 Å². The molecule has 1 saturated heterocycles. The molecule has 2 atom stereocenters. The Morgan fingerprint density at radius 1 is 1.47 bits per heavy atom. The molecule has 4 heteroatoms. The molecule has 2 aliphatic rings. The molecule has 1 fully saturated rings. The van der Waals surface area contributed by atoms with Gasteiger partial charge < -0.3 is 9.47 Å². The summed E-state index contributed by atoms with van der Waals surface area (Å²) in [4.78, 5) is 12.5. The van der Waals surface area contributed by atoms with Gasteiger partial charge in [-0.3, -0.25) is 4.79 Å². The summed E-state index contributed by atoms with van der Waals surface area (Å²) in [6.45, 7) is 3.08. The van der Waals surface area contributed by atoms with E-state index in [0.29, 0.717) is 24.5 Å². The second kappa shape index (κ2) is 3.82. The first kappa shape index (κ1) is 11.2. The zero-order chi connectivity index (χ0) is 12.0. The van der Waals surface area contributed by atoms with Crippen LogP contribution in [-0.2, 0) is 4.74 Å². The van der Waals surface area contributed by atoms with E-state index in [9.17, 15) is 4.79 Å². The van der Waals surface area contributed by atoms with Crippen LogP contribution in [0, 0.1) is 5.92 Å². The molecule has 90 valence electrons. The lowest BCUT2D eigenvalue weighted by molar-refractivity contribution is -0.0903. The van der Waals surface area contributed by atoms with Gasteiger partial charge in [0.05, 0.1) is 18.1 Å². The Hall–Kier alpha value is -0.870. The Morgan fingerprint density at radius 2 is 2.29 bits per heavy atom. The van der Waals surface area contributed by atoms with Crippen LogP contribution in [0.2, 0.25) is 0 Å².